The van der Waals surface area contributed by atoms with Crippen LogP contribution < -0.4 is 9.91 Å². The molecular formula is C23H30N3O5S+. The van der Waals surface area contributed by atoms with Crippen LogP contribution in [0, 0.1) is 18.8 Å². The number of aryl methyl sites for hydroxylation is 2. The van der Waals surface area contributed by atoms with Gasteiger partial charge in [0.25, 0.3) is 5.69 Å². The number of rotatable bonds is 7. The molecule has 2 heterocycles. The lowest BCUT2D eigenvalue weighted by Crippen LogP contribution is -2.55. The quantitative estimate of drug-likeness (QED) is 0.680. The number of piperazine rings is 1. The Hall–Kier alpha value is -2.33. The first-order valence-corrected chi connectivity index (χ1v) is 12.4. The van der Waals surface area contributed by atoms with Crippen molar-refractivity contribution in [2.75, 3.05) is 39.3 Å². The molecule has 2 aromatic rings. The van der Waals surface area contributed by atoms with Crippen molar-refractivity contribution >= 4 is 15.7 Å². The molecule has 1 atom stereocenters. The van der Waals surface area contributed by atoms with E-state index in [4.69, 9.17) is 9.47 Å². The van der Waals surface area contributed by atoms with E-state index in [1.165, 1.54) is 22.5 Å². The molecule has 2 fully saturated rings. The zero-order valence-electron chi connectivity index (χ0n) is 18.5. The summed E-state index contributed by atoms with van der Waals surface area (Å²) in [6, 6.07) is 10.1. The SMILES string of the molecule is Cc1cc(C)cc(Oc2ccc([NH+]=O)cc2S(=O)(=O)N2CCN(CC3CCCO3)CC2)c1. The molecule has 2 aromatic carbocycles. The van der Waals surface area contributed by atoms with Gasteiger partial charge in [-0.2, -0.15) is 4.31 Å². The first-order valence-electron chi connectivity index (χ1n) is 11.0. The van der Waals surface area contributed by atoms with Gasteiger partial charge in [-0.3, -0.25) is 4.90 Å². The second-order valence-electron chi connectivity index (χ2n) is 8.53. The summed E-state index contributed by atoms with van der Waals surface area (Å²) < 4.78 is 40.2. The summed E-state index contributed by atoms with van der Waals surface area (Å²) >= 11 is 0. The summed E-state index contributed by atoms with van der Waals surface area (Å²) in [4.78, 5) is 13.5. The molecule has 1 unspecified atom stereocenters. The Kier molecular flexibility index (Phi) is 6.90. The van der Waals surface area contributed by atoms with E-state index in [9.17, 15) is 13.3 Å². The lowest BCUT2D eigenvalue weighted by atomic mass is 10.1. The van der Waals surface area contributed by atoms with Crippen LogP contribution in [0.25, 0.3) is 0 Å². The molecule has 1 N–H and O–H groups in total. The number of ether oxygens (including phenoxy) is 2. The fraction of sp³-hybridized carbons (Fsp3) is 0.478. The molecule has 8 nitrogen and oxygen atoms in total. The number of nitroso groups, excluding NO2 is 1. The van der Waals surface area contributed by atoms with Gasteiger partial charge in [0.2, 0.25) is 10.0 Å². The largest absolute Gasteiger partial charge is 0.456 e. The highest BCUT2D eigenvalue weighted by Gasteiger charge is 2.33. The topological polar surface area (TPSA) is 90.1 Å². The molecule has 2 aliphatic heterocycles. The van der Waals surface area contributed by atoms with E-state index in [1.54, 1.807) is 5.18 Å². The molecule has 172 valence electrons. The van der Waals surface area contributed by atoms with E-state index in [2.05, 4.69) is 4.90 Å². The molecule has 0 radical (unpaired) electrons. The molecule has 4 rings (SSSR count). The van der Waals surface area contributed by atoms with E-state index < -0.39 is 10.0 Å². The Labute approximate surface area is 189 Å². The van der Waals surface area contributed by atoms with Crippen molar-refractivity contribution in [3.63, 3.8) is 0 Å². The number of nitrogens with one attached hydrogen (secondary N) is 1. The van der Waals surface area contributed by atoms with Gasteiger partial charge in [0.05, 0.1) is 6.10 Å². The summed E-state index contributed by atoms with van der Waals surface area (Å²) in [6.45, 7) is 7.62. The minimum absolute atomic E-state index is 0.00918. The van der Waals surface area contributed by atoms with Gasteiger partial charge in [0, 0.05) is 61.5 Å². The third-order valence-corrected chi connectivity index (χ3v) is 7.84. The van der Waals surface area contributed by atoms with Crippen LogP contribution in [-0.2, 0) is 14.8 Å². The molecule has 0 spiro atoms. The fourth-order valence-corrected chi connectivity index (χ4v) is 5.91. The Morgan fingerprint density at radius 2 is 1.78 bits per heavy atom. The Bertz CT molecular complexity index is 1050. The lowest BCUT2D eigenvalue weighted by molar-refractivity contribution is -0.379. The lowest BCUT2D eigenvalue weighted by Gasteiger charge is -2.35. The van der Waals surface area contributed by atoms with Crippen LogP contribution >= 0.6 is 0 Å². The van der Waals surface area contributed by atoms with Crippen LogP contribution in [0.3, 0.4) is 0 Å². The molecule has 2 saturated heterocycles. The maximum Gasteiger partial charge on any atom is 0.254 e. The molecule has 9 heteroatoms. The standard InChI is InChI=1S/C23H29N3O5S/c1-17-12-18(2)14-21(13-17)31-22-6-5-19(24-27)15-23(22)32(28,29)26-9-7-25(8-10-26)16-20-4-3-11-30-20/h5-6,12-15,20H,3-4,7-11,16H2,1-2H3/p+1. The van der Waals surface area contributed by atoms with E-state index in [0.717, 1.165) is 37.1 Å². The smallest absolute Gasteiger partial charge is 0.254 e. The third-order valence-electron chi connectivity index (χ3n) is 5.92. The van der Waals surface area contributed by atoms with Gasteiger partial charge in [-0.25, -0.2) is 8.42 Å². The van der Waals surface area contributed by atoms with E-state index in [-0.39, 0.29) is 22.4 Å². The van der Waals surface area contributed by atoms with Crippen molar-refractivity contribution in [3.8, 4) is 11.5 Å². The second-order valence-corrected chi connectivity index (χ2v) is 10.4. The molecule has 0 aliphatic carbocycles. The van der Waals surface area contributed by atoms with Gasteiger partial charge in [0.1, 0.15) is 16.4 Å². The summed E-state index contributed by atoms with van der Waals surface area (Å²) in [6.07, 6.45) is 2.40. The van der Waals surface area contributed by atoms with Crippen LogP contribution in [0.2, 0.25) is 0 Å². The number of nitrogens with zero attached hydrogens (tertiary/aromatic N) is 2. The normalized spacial score (nSPS) is 20.4. The monoisotopic (exact) mass is 460 g/mol. The van der Waals surface area contributed by atoms with Crippen molar-refractivity contribution < 1.29 is 23.1 Å². The summed E-state index contributed by atoms with van der Waals surface area (Å²) in [7, 11) is -3.84. The van der Waals surface area contributed by atoms with Gasteiger partial charge >= 0.3 is 0 Å². The molecule has 0 amide bonds. The Morgan fingerprint density at radius 1 is 1.06 bits per heavy atom. The van der Waals surface area contributed by atoms with Crippen molar-refractivity contribution in [1.82, 2.24) is 9.21 Å². The van der Waals surface area contributed by atoms with Gasteiger partial charge in [-0.15, -0.1) is 0 Å². The van der Waals surface area contributed by atoms with E-state index in [0.29, 0.717) is 31.9 Å². The maximum absolute atomic E-state index is 13.5. The highest BCUT2D eigenvalue weighted by Crippen LogP contribution is 2.33. The highest BCUT2D eigenvalue weighted by atomic mass is 32.2. The average molecular weight is 461 g/mol. The Morgan fingerprint density at radius 3 is 2.41 bits per heavy atom. The zero-order valence-corrected chi connectivity index (χ0v) is 19.4. The zero-order chi connectivity index (χ0) is 22.7. The first kappa shape index (κ1) is 22.8. The predicted octanol–water partition coefficient (Wildman–Crippen LogP) is 2.06. The summed E-state index contributed by atoms with van der Waals surface area (Å²) in [5, 5.41) is 1.79. The van der Waals surface area contributed by atoms with Gasteiger partial charge in [-0.05, 0) is 56.0 Å². The summed E-state index contributed by atoms with van der Waals surface area (Å²) in [5.41, 5.74) is 2.21. The van der Waals surface area contributed by atoms with E-state index in [1.807, 2.05) is 32.0 Å². The molecule has 0 aromatic heterocycles. The van der Waals surface area contributed by atoms with Crippen LogP contribution in [0.1, 0.15) is 24.0 Å². The van der Waals surface area contributed by atoms with Gasteiger partial charge < -0.3 is 9.47 Å². The molecule has 32 heavy (non-hydrogen) atoms. The van der Waals surface area contributed by atoms with Crippen LogP contribution in [0.4, 0.5) is 5.69 Å². The average Bonchev–Trinajstić information content (AvgIpc) is 3.26. The second kappa shape index (κ2) is 9.66. The highest BCUT2D eigenvalue weighted by molar-refractivity contribution is 7.89. The maximum atomic E-state index is 13.5. The van der Waals surface area contributed by atoms with E-state index >= 15 is 0 Å². The fourth-order valence-electron chi connectivity index (χ4n) is 4.34. The van der Waals surface area contributed by atoms with Crippen LogP contribution in [0.5, 0.6) is 11.5 Å². The summed E-state index contributed by atoms with van der Waals surface area (Å²) in [5.74, 6) is 0.763. The number of hydrogen-bond donors (Lipinski definition) is 1. The first-order chi connectivity index (χ1) is 15.3. The molecule has 0 saturated carbocycles. The van der Waals surface area contributed by atoms with Gasteiger partial charge in [-0.1, -0.05) is 6.07 Å². The van der Waals surface area contributed by atoms with Crippen molar-refractivity contribution in [3.05, 3.63) is 52.4 Å². The molecular weight excluding hydrogens is 430 g/mol. The van der Waals surface area contributed by atoms with Crippen molar-refractivity contribution in [2.24, 2.45) is 0 Å². The number of sulfonamides is 1. The third kappa shape index (κ3) is 5.17. The minimum Gasteiger partial charge on any atom is -0.456 e. The van der Waals surface area contributed by atoms with Crippen molar-refractivity contribution in [2.45, 2.75) is 37.7 Å². The number of benzene rings is 2. The van der Waals surface area contributed by atoms with Crippen molar-refractivity contribution in [1.29, 1.82) is 0 Å². The predicted molar refractivity (Wildman–Crippen MR) is 121 cm³/mol. The Balaban J connectivity index is 1.55. The van der Waals surface area contributed by atoms with Crippen LogP contribution in [0.15, 0.2) is 41.3 Å². The van der Waals surface area contributed by atoms with Gasteiger partial charge in [0.15, 0.2) is 0 Å². The minimum atomic E-state index is -3.84. The van der Waals surface area contributed by atoms with Crippen LogP contribution in [-0.4, -0.2) is 63.1 Å². The molecule has 2 aliphatic rings. The number of hydrogen-bond acceptors (Lipinski definition) is 6. The molecule has 0 bridgehead atoms.